The summed E-state index contributed by atoms with van der Waals surface area (Å²) in [5.74, 6) is -3.34. The maximum absolute atomic E-state index is 13.4. The molecule has 2 N–H and O–H groups in total. The summed E-state index contributed by atoms with van der Waals surface area (Å²) in [4.78, 5) is 23.9. The Bertz CT molecular complexity index is 1260. The summed E-state index contributed by atoms with van der Waals surface area (Å²) in [5, 5.41) is 15.6. The van der Waals surface area contributed by atoms with E-state index in [1.54, 1.807) is 36.4 Å². The van der Waals surface area contributed by atoms with Crippen LogP contribution in [0.4, 0.5) is 13.2 Å². The second kappa shape index (κ2) is 16.9. The van der Waals surface area contributed by atoms with E-state index in [0.29, 0.717) is 18.8 Å². The minimum Gasteiger partial charge on any atom is -0.478 e. The van der Waals surface area contributed by atoms with Gasteiger partial charge in [-0.1, -0.05) is 48.6 Å². The molecule has 0 aromatic heterocycles. The second-order valence-corrected chi connectivity index (χ2v) is 9.46. The van der Waals surface area contributed by atoms with Gasteiger partial charge in [0.15, 0.2) is 0 Å². The molecule has 3 aromatic rings. The molecule has 4 rings (SSSR count). The van der Waals surface area contributed by atoms with Gasteiger partial charge in [0.2, 0.25) is 0 Å². The van der Waals surface area contributed by atoms with Gasteiger partial charge in [0.1, 0.15) is 23.6 Å². The van der Waals surface area contributed by atoms with E-state index in [9.17, 15) is 22.8 Å². The molecule has 1 fully saturated rings. The zero-order valence-electron chi connectivity index (χ0n) is 22.9. The van der Waals surface area contributed by atoms with E-state index in [0.717, 1.165) is 56.0 Å². The van der Waals surface area contributed by atoms with Crippen molar-refractivity contribution in [1.82, 2.24) is 9.80 Å². The first-order chi connectivity index (χ1) is 20.2. The highest BCUT2D eigenvalue weighted by Gasteiger charge is 2.18. The predicted octanol–water partition coefficient (Wildman–Crippen LogP) is 5.25. The van der Waals surface area contributed by atoms with Gasteiger partial charge in [-0.05, 0) is 53.1 Å². The van der Waals surface area contributed by atoms with E-state index in [1.165, 1.54) is 36.4 Å². The molecule has 0 bridgehead atoms. The van der Waals surface area contributed by atoms with Gasteiger partial charge in [-0.15, -0.1) is 0 Å². The monoisotopic (exact) mass is 582 g/mol. The third-order valence-electron chi connectivity index (χ3n) is 6.41. The van der Waals surface area contributed by atoms with Crippen molar-refractivity contribution < 1.29 is 37.7 Å². The molecule has 0 radical (unpaired) electrons. The SMILES string of the molecule is Fc1ccc(C=CCN2CCN(CCOC(c3ccc(F)cc3)c3ccc(F)cc3)CC2)cc1.O=C(O)/C=C\C(=O)O. The van der Waals surface area contributed by atoms with E-state index < -0.39 is 11.9 Å². The van der Waals surface area contributed by atoms with E-state index in [-0.39, 0.29) is 23.6 Å². The van der Waals surface area contributed by atoms with Gasteiger partial charge in [-0.25, -0.2) is 22.8 Å². The molecule has 0 aliphatic carbocycles. The summed E-state index contributed by atoms with van der Waals surface area (Å²) >= 11 is 0. The maximum Gasteiger partial charge on any atom is 0.328 e. The first-order valence-electron chi connectivity index (χ1n) is 13.3. The van der Waals surface area contributed by atoms with Gasteiger partial charge in [0.05, 0.1) is 6.61 Å². The second-order valence-electron chi connectivity index (χ2n) is 9.46. The van der Waals surface area contributed by atoms with Crippen molar-refractivity contribution in [2.45, 2.75) is 6.10 Å². The molecule has 0 unspecified atom stereocenters. The Morgan fingerprint density at radius 1 is 0.714 bits per heavy atom. The molecule has 222 valence electrons. The number of nitrogens with zero attached hydrogens (tertiary/aromatic N) is 2. The molecule has 1 saturated heterocycles. The maximum atomic E-state index is 13.4. The van der Waals surface area contributed by atoms with Crippen LogP contribution in [0.25, 0.3) is 6.08 Å². The number of carboxylic acid groups (broad SMARTS) is 2. The first-order valence-corrected chi connectivity index (χ1v) is 13.3. The number of piperazine rings is 1. The molecule has 7 nitrogen and oxygen atoms in total. The Morgan fingerprint density at radius 3 is 1.60 bits per heavy atom. The van der Waals surface area contributed by atoms with Gasteiger partial charge < -0.3 is 14.9 Å². The zero-order chi connectivity index (χ0) is 30.3. The fourth-order valence-corrected chi connectivity index (χ4v) is 4.21. The molecule has 0 saturated carbocycles. The van der Waals surface area contributed by atoms with Crippen molar-refractivity contribution >= 4 is 18.0 Å². The van der Waals surface area contributed by atoms with Crippen LogP contribution in [0.5, 0.6) is 0 Å². The molecule has 1 heterocycles. The van der Waals surface area contributed by atoms with Crippen molar-refractivity contribution in [2.75, 3.05) is 45.9 Å². The summed E-state index contributed by atoms with van der Waals surface area (Å²) < 4.78 is 46.0. The van der Waals surface area contributed by atoms with Crippen LogP contribution in [-0.2, 0) is 14.3 Å². The molecular formula is C32H33F3N2O5. The molecular weight excluding hydrogens is 549 g/mol. The van der Waals surface area contributed by atoms with Crippen LogP contribution in [-0.4, -0.2) is 77.8 Å². The van der Waals surface area contributed by atoms with Crippen LogP contribution in [0.3, 0.4) is 0 Å². The average molecular weight is 583 g/mol. The average Bonchev–Trinajstić information content (AvgIpc) is 2.98. The number of ether oxygens (including phenoxy) is 1. The van der Waals surface area contributed by atoms with Gasteiger partial charge >= 0.3 is 11.9 Å². The highest BCUT2D eigenvalue weighted by molar-refractivity contribution is 5.89. The molecule has 0 atom stereocenters. The number of aliphatic carboxylic acids is 2. The number of carboxylic acids is 2. The lowest BCUT2D eigenvalue weighted by molar-refractivity contribution is -0.134. The van der Waals surface area contributed by atoms with Crippen molar-refractivity contribution in [3.05, 3.63) is 125 Å². The third-order valence-corrected chi connectivity index (χ3v) is 6.41. The lowest BCUT2D eigenvalue weighted by atomic mass is 10.0. The van der Waals surface area contributed by atoms with E-state index in [2.05, 4.69) is 15.9 Å². The fourth-order valence-electron chi connectivity index (χ4n) is 4.21. The lowest BCUT2D eigenvalue weighted by Gasteiger charge is -2.34. The number of rotatable bonds is 11. The van der Waals surface area contributed by atoms with Crippen molar-refractivity contribution in [3.63, 3.8) is 0 Å². The topological polar surface area (TPSA) is 90.3 Å². The number of hydrogen-bond acceptors (Lipinski definition) is 5. The summed E-state index contributed by atoms with van der Waals surface area (Å²) in [7, 11) is 0. The third kappa shape index (κ3) is 11.7. The van der Waals surface area contributed by atoms with Crippen molar-refractivity contribution in [3.8, 4) is 0 Å². The minimum atomic E-state index is -1.26. The standard InChI is InChI=1S/C28H29F3N2O.C4H4O4/c29-25-9-3-22(4-10-25)2-1-15-32-16-18-33(19-17-32)20-21-34-28(23-5-11-26(30)12-6-23)24-7-13-27(31)14-8-24;5-3(6)1-2-4(7)8/h1-14,28H,15-21H2;1-2H,(H,5,6)(H,7,8)/b;2-1-. The fraction of sp³-hybridized carbons (Fsp3) is 0.250. The normalized spacial score (nSPS) is 14.3. The summed E-state index contributed by atoms with van der Waals surface area (Å²) in [6.07, 6.45) is 4.87. The Labute approximate surface area is 242 Å². The molecule has 3 aromatic carbocycles. The van der Waals surface area contributed by atoms with Gasteiger partial charge in [0.25, 0.3) is 0 Å². The molecule has 0 spiro atoms. The van der Waals surface area contributed by atoms with Crippen LogP contribution < -0.4 is 0 Å². The minimum absolute atomic E-state index is 0.223. The molecule has 1 aliphatic rings. The predicted molar refractivity (Wildman–Crippen MR) is 153 cm³/mol. The molecule has 10 heteroatoms. The Hall–Kier alpha value is -4.25. The lowest BCUT2D eigenvalue weighted by Crippen LogP contribution is -2.47. The van der Waals surface area contributed by atoms with Crippen molar-refractivity contribution in [2.24, 2.45) is 0 Å². The molecule has 1 aliphatic heterocycles. The largest absolute Gasteiger partial charge is 0.478 e. The zero-order valence-corrected chi connectivity index (χ0v) is 22.9. The van der Waals surface area contributed by atoms with E-state index >= 15 is 0 Å². The first kappa shape index (κ1) is 32.3. The van der Waals surface area contributed by atoms with Crippen LogP contribution in [0.2, 0.25) is 0 Å². The summed E-state index contributed by atoms with van der Waals surface area (Å²) in [6, 6.07) is 19.0. The molecule has 42 heavy (non-hydrogen) atoms. The Morgan fingerprint density at radius 2 is 1.14 bits per heavy atom. The summed E-state index contributed by atoms with van der Waals surface area (Å²) in [6.45, 7) is 6.00. The quantitative estimate of drug-likeness (QED) is 0.299. The Kier molecular flexibility index (Phi) is 13.0. The number of halogens is 3. The van der Waals surface area contributed by atoms with Gasteiger partial charge in [-0.3, -0.25) is 9.80 Å². The van der Waals surface area contributed by atoms with Crippen LogP contribution >= 0.6 is 0 Å². The summed E-state index contributed by atoms with van der Waals surface area (Å²) in [5.41, 5.74) is 2.67. The highest BCUT2D eigenvalue weighted by atomic mass is 19.1. The van der Waals surface area contributed by atoms with Gasteiger partial charge in [0, 0.05) is 51.4 Å². The van der Waals surface area contributed by atoms with E-state index in [1.807, 2.05) is 6.08 Å². The van der Waals surface area contributed by atoms with Gasteiger partial charge in [-0.2, -0.15) is 0 Å². The molecule has 0 amide bonds. The van der Waals surface area contributed by atoms with Crippen LogP contribution in [0.1, 0.15) is 22.8 Å². The van der Waals surface area contributed by atoms with Crippen LogP contribution in [0.15, 0.2) is 91.0 Å². The van der Waals surface area contributed by atoms with Crippen LogP contribution in [0, 0.1) is 17.5 Å². The number of benzene rings is 3. The number of hydrogen-bond donors (Lipinski definition) is 2. The number of carbonyl (C=O) groups is 2. The van der Waals surface area contributed by atoms with Crippen molar-refractivity contribution in [1.29, 1.82) is 0 Å². The smallest absolute Gasteiger partial charge is 0.328 e. The Balaban J connectivity index is 0.000000531. The highest BCUT2D eigenvalue weighted by Crippen LogP contribution is 2.26. The van der Waals surface area contributed by atoms with E-state index in [4.69, 9.17) is 14.9 Å².